The van der Waals surface area contributed by atoms with Crippen LogP contribution in [0.3, 0.4) is 0 Å². The fourth-order valence-corrected chi connectivity index (χ4v) is 3.38. The van der Waals surface area contributed by atoms with E-state index in [9.17, 15) is 4.79 Å². The van der Waals surface area contributed by atoms with E-state index in [4.69, 9.17) is 0 Å². The molecule has 25 heavy (non-hydrogen) atoms. The third-order valence-corrected chi connectivity index (χ3v) is 4.71. The molecule has 0 bridgehead atoms. The average Bonchev–Trinajstić information content (AvgIpc) is 3.15. The van der Waals surface area contributed by atoms with Crippen LogP contribution in [0.4, 0.5) is 5.82 Å². The number of pyridine rings is 1. The maximum atomic E-state index is 13.3. The zero-order valence-electron chi connectivity index (χ0n) is 13.9. The number of anilines is 1. The first-order valence-electron chi connectivity index (χ1n) is 8.59. The Morgan fingerprint density at radius 2 is 1.96 bits per heavy atom. The lowest BCUT2D eigenvalue weighted by Crippen LogP contribution is -2.38. The topological polar surface area (TPSA) is 61.9 Å². The van der Waals surface area contributed by atoms with Crippen molar-refractivity contribution in [2.45, 2.75) is 25.8 Å². The molecule has 0 saturated carbocycles. The molecule has 0 fully saturated rings. The Morgan fingerprint density at radius 1 is 1.12 bits per heavy atom. The predicted molar refractivity (Wildman–Crippen MR) is 96.0 cm³/mol. The largest absolute Gasteiger partial charge is 0.348 e. The van der Waals surface area contributed by atoms with Crippen LogP contribution < -0.4 is 4.90 Å². The minimum atomic E-state index is -0.0429. The molecule has 1 aromatic carbocycles. The number of carbonyl (C=O) groups excluding carboxylic acids is 1. The van der Waals surface area contributed by atoms with Gasteiger partial charge in [-0.05, 0) is 30.5 Å². The molecule has 1 aliphatic rings. The Bertz CT molecular complexity index is 844. The molecule has 1 amide bonds. The molecule has 0 radical (unpaired) electrons. The zero-order valence-corrected chi connectivity index (χ0v) is 13.9. The molecule has 5 heteroatoms. The summed E-state index contributed by atoms with van der Waals surface area (Å²) in [6.07, 6.45) is 5.84. The molecule has 126 valence electrons. The summed E-state index contributed by atoms with van der Waals surface area (Å²) in [5.74, 6) is 0.785. The number of rotatable bonds is 4. The van der Waals surface area contributed by atoms with E-state index < -0.39 is 0 Å². The highest BCUT2D eigenvalue weighted by molar-refractivity contribution is 5.94. The molecule has 1 atom stereocenters. The van der Waals surface area contributed by atoms with Crippen LogP contribution in [0.25, 0.3) is 0 Å². The molecule has 2 heterocycles. The third kappa shape index (κ3) is 3.31. The number of aromatic amines is 1. The maximum absolute atomic E-state index is 13.3. The van der Waals surface area contributed by atoms with Crippen LogP contribution in [0.15, 0.2) is 61.1 Å². The van der Waals surface area contributed by atoms with Gasteiger partial charge in [-0.25, -0.2) is 9.97 Å². The highest BCUT2D eigenvalue weighted by Crippen LogP contribution is 2.27. The van der Waals surface area contributed by atoms with Gasteiger partial charge in [-0.2, -0.15) is 0 Å². The quantitative estimate of drug-likeness (QED) is 0.798. The van der Waals surface area contributed by atoms with Gasteiger partial charge in [0, 0.05) is 24.2 Å². The smallest absolute Gasteiger partial charge is 0.231 e. The highest BCUT2D eigenvalue weighted by Gasteiger charge is 2.30. The highest BCUT2D eigenvalue weighted by atomic mass is 16.2. The minimum Gasteiger partial charge on any atom is -0.348 e. The lowest BCUT2D eigenvalue weighted by Gasteiger charge is -2.28. The van der Waals surface area contributed by atoms with Crippen molar-refractivity contribution in [2.24, 2.45) is 5.92 Å². The van der Waals surface area contributed by atoms with Gasteiger partial charge in [-0.15, -0.1) is 0 Å². The molecule has 4 rings (SSSR count). The van der Waals surface area contributed by atoms with Gasteiger partial charge in [-0.1, -0.05) is 36.4 Å². The molecular formula is C20H20N4O. The lowest BCUT2D eigenvalue weighted by molar-refractivity contribution is -0.122. The second-order valence-corrected chi connectivity index (χ2v) is 6.37. The number of amides is 1. The van der Waals surface area contributed by atoms with Gasteiger partial charge in [-0.3, -0.25) is 9.69 Å². The summed E-state index contributed by atoms with van der Waals surface area (Å²) >= 11 is 0. The van der Waals surface area contributed by atoms with E-state index >= 15 is 0 Å². The number of hydrogen-bond donors (Lipinski definition) is 1. The van der Waals surface area contributed by atoms with Gasteiger partial charge >= 0.3 is 0 Å². The van der Waals surface area contributed by atoms with E-state index in [1.807, 2.05) is 48.5 Å². The number of carbonyl (C=O) groups is 1. The van der Waals surface area contributed by atoms with Crippen molar-refractivity contribution in [3.63, 3.8) is 0 Å². The van der Waals surface area contributed by atoms with E-state index in [1.165, 1.54) is 0 Å². The van der Waals surface area contributed by atoms with Crippen molar-refractivity contribution in [3.8, 4) is 0 Å². The van der Waals surface area contributed by atoms with Gasteiger partial charge in [0.15, 0.2) is 0 Å². The Kier molecular flexibility index (Phi) is 4.29. The molecule has 2 aromatic heterocycles. The number of nitrogens with one attached hydrogen (secondary N) is 1. The number of H-pyrrole nitrogens is 1. The van der Waals surface area contributed by atoms with E-state index in [0.717, 1.165) is 29.8 Å². The first-order chi connectivity index (χ1) is 12.3. The molecule has 3 aromatic rings. The number of hydrogen-bond acceptors (Lipinski definition) is 3. The van der Waals surface area contributed by atoms with Gasteiger partial charge in [0.2, 0.25) is 5.91 Å². The Balaban J connectivity index is 1.60. The number of benzene rings is 1. The number of aromatic nitrogens is 3. The predicted octanol–water partition coefficient (Wildman–Crippen LogP) is 3.14. The summed E-state index contributed by atoms with van der Waals surface area (Å²) in [5, 5.41) is 0. The van der Waals surface area contributed by atoms with Gasteiger partial charge < -0.3 is 4.98 Å². The third-order valence-electron chi connectivity index (χ3n) is 4.71. The fraction of sp³-hybridized carbons (Fsp3) is 0.250. The Labute approximate surface area is 146 Å². The van der Waals surface area contributed by atoms with Crippen LogP contribution in [-0.4, -0.2) is 20.9 Å². The van der Waals surface area contributed by atoms with Crippen LogP contribution >= 0.6 is 0 Å². The van der Waals surface area contributed by atoms with Crippen molar-refractivity contribution in [2.75, 3.05) is 4.90 Å². The summed E-state index contributed by atoms with van der Waals surface area (Å²) in [6, 6.07) is 15.7. The van der Waals surface area contributed by atoms with E-state index in [-0.39, 0.29) is 11.8 Å². The standard InChI is InChI=1S/C20H20N4O/c25-20(16-9-10-17-18(12-16)23-14-22-17)24(19-8-4-5-11-21-19)13-15-6-2-1-3-7-15/h1-8,11,14,16H,9-10,12-13H2,(H,22,23). The van der Waals surface area contributed by atoms with Crippen molar-refractivity contribution < 1.29 is 4.79 Å². The first-order valence-corrected chi connectivity index (χ1v) is 8.59. The number of fused-ring (bicyclic) bond motifs is 1. The van der Waals surface area contributed by atoms with E-state index in [0.29, 0.717) is 18.8 Å². The lowest BCUT2D eigenvalue weighted by atomic mass is 9.88. The van der Waals surface area contributed by atoms with Crippen LogP contribution in [0, 0.1) is 5.92 Å². The Hall–Kier alpha value is -2.95. The second-order valence-electron chi connectivity index (χ2n) is 6.37. The zero-order chi connectivity index (χ0) is 17.1. The SMILES string of the molecule is O=C(C1CCc2nc[nH]c2C1)N(Cc1ccccc1)c1ccccn1. The van der Waals surface area contributed by atoms with Gasteiger partial charge in [0.25, 0.3) is 0 Å². The molecule has 1 N–H and O–H groups in total. The number of nitrogens with zero attached hydrogens (tertiary/aromatic N) is 3. The molecule has 0 aliphatic heterocycles. The average molecular weight is 332 g/mol. The van der Waals surface area contributed by atoms with E-state index in [2.05, 4.69) is 15.0 Å². The Morgan fingerprint density at radius 3 is 2.76 bits per heavy atom. The summed E-state index contributed by atoms with van der Waals surface area (Å²) < 4.78 is 0. The van der Waals surface area contributed by atoms with Crippen LogP contribution in [0.1, 0.15) is 23.4 Å². The first kappa shape index (κ1) is 15.6. The number of aryl methyl sites for hydroxylation is 1. The van der Waals surface area contributed by atoms with Crippen LogP contribution in [-0.2, 0) is 24.2 Å². The van der Waals surface area contributed by atoms with Gasteiger partial charge in [0.1, 0.15) is 5.82 Å². The number of imidazole rings is 1. The minimum absolute atomic E-state index is 0.0429. The molecule has 0 saturated heterocycles. The molecule has 0 spiro atoms. The monoisotopic (exact) mass is 332 g/mol. The summed E-state index contributed by atoms with van der Waals surface area (Å²) in [6.45, 7) is 0.531. The normalized spacial score (nSPS) is 16.2. The second kappa shape index (κ2) is 6.89. The van der Waals surface area contributed by atoms with Crippen molar-refractivity contribution in [1.82, 2.24) is 15.0 Å². The molecular weight excluding hydrogens is 312 g/mol. The van der Waals surface area contributed by atoms with Crippen LogP contribution in [0.5, 0.6) is 0 Å². The van der Waals surface area contributed by atoms with Crippen molar-refractivity contribution in [1.29, 1.82) is 0 Å². The van der Waals surface area contributed by atoms with Gasteiger partial charge in [0.05, 0.1) is 18.6 Å². The van der Waals surface area contributed by atoms with Crippen molar-refractivity contribution >= 4 is 11.7 Å². The van der Waals surface area contributed by atoms with Crippen LogP contribution in [0.2, 0.25) is 0 Å². The molecule has 1 unspecified atom stereocenters. The summed E-state index contributed by atoms with van der Waals surface area (Å²) in [4.78, 5) is 27.0. The summed E-state index contributed by atoms with van der Waals surface area (Å²) in [5.41, 5.74) is 3.28. The van der Waals surface area contributed by atoms with E-state index in [1.54, 1.807) is 17.4 Å². The maximum Gasteiger partial charge on any atom is 0.231 e. The molecule has 5 nitrogen and oxygen atoms in total. The summed E-state index contributed by atoms with van der Waals surface area (Å²) in [7, 11) is 0. The fourth-order valence-electron chi connectivity index (χ4n) is 3.38. The van der Waals surface area contributed by atoms with Crippen molar-refractivity contribution in [3.05, 3.63) is 78.0 Å². The molecule has 1 aliphatic carbocycles.